The van der Waals surface area contributed by atoms with Crippen LogP contribution in [-0.2, 0) is 17.8 Å². The molecule has 0 aliphatic carbocycles. The van der Waals surface area contributed by atoms with Crippen molar-refractivity contribution in [3.05, 3.63) is 84.8 Å². The van der Waals surface area contributed by atoms with E-state index in [4.69, 9.17) is 16.3 Å². The number of methoxy groups -OCH3 is 1. The normalized spacial score (nSPS) is 10.5. The van der Waals surface area contributed by atoms with Crippen LogP contribution in [0.5, 0.6) is 5.75 Å². The van der Waals surface area contributed by atoms with Gasteiger partial charge in [-0.2, -0.15) is 0 Å². The van der Waals surface area contributed by atoms with E-state index in [0.717, 1.165) is 16.6 Å². The Balaban J connectivity index is 1.68. The summed E-state index contributed by atoms with van der Waals surface area (Å²) in [4.78, 5) is 26.7. The van der Waals surface area contributed by atoms with Gasteiger partial charge < -0.3 is 9.47 Å². The molecule has 1 aromatic heterocycles. The van der Waals surface area contributed by atoms with Crippen molar-refractivity contribution in [3.63, 3.8) is 0 Å². The van der Waals surface area contributed by atoms with Crippen molar-refractivity contribution in [3.8, 4) is 5.75 Å². The van der Waals surface area contributed by atoms with Gasteiger partial charge in [-0.15, -0.1) is 11.3 Å². The summed E-state index contributed by atoms with van der Waals surface area (Å²) in [6, 6.07) is 11.5. The Labute approximate surface area is 169 Å². The van der Waals surface area contributed by atoms with Gasteiger partial charge in [0.2, 0.25) is 0 Å². The fourth-order valence-corrected chi connectivity index (χ4v) is 3.39. The number of rotatable bonds is 7. The largest absolute Gasteiger partial charge is 0.480 e. The monoisotopic (exact) mass is 418 g/mol. The molecule has 28 heavy (non-hydrogen) atoms. The van der Waals surface area contributed by atoms with E-state index >= 15 is 0 Å². The van der Waals surface area contributed by atoms with E-state index in [1.165, 1.54) is 30.6 Å². The average Bonchev–Trinajstić information content (AvgIpc) is 3.14. The van der Waals surface area contributed by atoms with Gasteiger partial charge in [0.1, 0.15) is 6.61 Å². The number of ether oxygens (including phenoxy) is 2. The molecule has 0 aliphatic heterocycles. The number of hydrogen-bond donors (Lipinski definition) is 0. The van der Waals surface area contributed by atoms with Gasteiger partial charge >= 0.3 is 11.7 Å². The maximum absolute atomic E-state index is 11.5. The number of benzene rings is 2. The highest BCUT2D eigenvalue weighted by atomic mass is 35.5. The summed E-state index contributed by atoms with van der Waals surface area (Å²) in [6.07, 6.45) is 0.663. The van der Waals surface area contributed by atoms with Gasteiger partial charge in [0.15, 0.2) is 5.75 Å². The number of nitro benzene ring substituents is 1. The molecule has 0 saturated carbocycles. The minimum absolute atomic E-state index is 0.0601. The Morgan fingerprint density at radius 3 is 2.68 bits per heavy atom. The van der Waals surface area contributed by atoms with Crippen molar-refractivity contribution in [1.29, 1.82) is 0 Å². The lowest BCUT2D eigenvalue weighted by molar-refractivity contribution is -0.386. The maximum atomic E-state index is 11.5. The van der Waals surface area contributed by atoms with Crippen LogP contribution in [0.15, 0.2) is 47.8 Å². The summed E-state index contributed by atoms with van der Waals surface area (Å²) < 4.78 is 10.1. The number of halogens is 1. The molecule has 0 unspecified atom stereocenters. The van der Waals surface area contributed by atoms with Crippen LogP contribution in [0.2, 0.25) is 5.02 Å². The van der Waals surface area contributed by atoms with Crippen LogP contribution in [0.1, 0.15) is 26.6 Å². The molecule has 3 rings (SSSR count). The number of aromatic nitrogens is 1. The van der Waals surface area contributed by atoms with Crippen LogP contribution in [0.3, 0.4) is 0 Å². The summed E-state index contributed by atoms with van der Waals surface area (Å²) in [5, 5.41) is 14.7. The van der Waals surface area contributed by atoms with Gasteiger partial charge in [0.05, 0.1) is 28.3 Å². The van der Waals surface area contributed by atoms with Crippen molar-refractivity contribution in [1.82, 2.24) is 4.98 Å². The van der Waals surface area contributed by atoms with Crippen molar-refractivity contribution < 1.29 is 19.2 Å². The van der Waals surface area contributed by atoms with E-state index in [-0.39, 0.29) is 23.6 Å². The maximum Gasteiger partial charge on any atom is 0.338 e. The number of nitrogens with zero attached hydrogens (tertiary/aromatic N) is 2. The zero-order valence-electron chi connectivity index (χ0n) is 14.8. The quantitative estimate of drug-likeness (QED) is 0.315. The van der Waals surface area contributed by atoms with Crippen LogP contribution in [0.25, 0.3) is 0 Å². The van der Waals surface area contributed by atoms with Crippen LogP contribution in [0, 0.1) is 10.1 Å². The molecular weight excluding hydrogens is 404 g/mol. The lowest BCUT2D eigenvalue weighted by Crippen LogP contribution is -2.04. The Hall–Kier alpha value is -2.97. The molecule has 0 aliphatic rings. The SMILES string of the molecule is COC(=O)c1ccc(OCc2csc(Cc3ccc(Cl)cc3)n2)c([N+](=O)[O-])c1. The van der Waals surface area contributed by atoms with E-state index < -0.39 is 10.9 Å². The van der Waals surface area contributed by atoms with Gasteiger partial charge in [0.25, 0.3) is 0 Å². The van der Waals surface area contributed by atoms with Gasteiger partial charge in [0, 0.05) is 22.9 Å². The molecular formula is C19H15ClN2O5S. The second kappa shape index (κ2) is 8.81. The number of carbonyl (C=O) groups is 1. The third-order valence-corrected chi connectivity index (χ3v) is 4.97. The highest BCUT2D eigenvalue weighted by Gasteiger charge is 2.19. The molecule has 3 aromatic rings. The second-order valence-electron chi connectivity index (χ2n) is 5.76. The predicted molar refractivity (Wildman–Crippen MR) is 105 cm³/mol. The second-order valence-corrected chi connectivity index (χ2v) is 7.13. The number of nitro groups is 1. The molecule has 0 atom stereocenters. The smallest absolute Gasteiger partial charge is 0.338 e. The standard InChI is InChI=1S/C19H15ClN2O5S/c1-26-19(23)13-4-7-17(16(9-13)22(24)25)27-10-15-11-28-18(21-15)8-12-2-5-14(20)6-3-12/h2-7,9,11H,8,10H2,1H3. The summed E-state index contributed by atoms with van der Waals surface area (Å²) in [5.74, 6) is -0.592. The Morgan fingerprint density at radius 1 is 1.25 bits per heavy atom. The fourth-order valence-electron chi connectivity index (χ4n) is 2.45. The van der Waals surface area contributed by atoms with Crippen LogP contribution >= 0.6 is 22.9 Å². The summed E-state index contributed by atoms with van der Waals surface area (Å²) in [6.45, 7) is 0.0789. The highest BCUT2D eigenvalue weighted by molar-refractivity contribution is 7.09. The summed E-state index contributed by atoms with van der Waals surface area (Å²) in [7, 11) is 1.21. The number of esters is 1. The van der Waals surface area contributed by atoms with Crippen LogP contribution in [-0.4, -0.2) is 23.0 Å². The van der Waals surface area contributed by atoms with Crippen LogP contribution < -0.4 is 4.74 Å². The lowest BCUT2D eigenvalue weighted by Gasteiger charge is -2.06. The van der Waals surface area contributed by atoms with Crippen molar-refractivity contribution in [2.24, 2.45) is 0 Å². The molecule has 1 heterocycles. The molecule has 0 spiro atoms. The van der Waals surface area contributed by atoms with Crippen molar-refractivity contribution in [2.75, 3.05) is 7.11 Å². The molecule has 0 amide bonds. The molecule has 0 N–H and O–H groups in total. The van der Waals surface area contributed by atoms with Gasteiger partial charge in [-0.1, -0.05) is 23.7 Å². The van der Waals surface area contributed by atoms with Gasteiger partial charge in [-0.05, 0) is 29.8 Å². The van der Waals surface area contributed by atoms with E-state index in [0.29, 0.717) is 17.1 Å². The molecule has 0 fully saturated rings. The number of hydrogen-bond acceptors (Lipinski definition) is 7. The molecule has 0 radical (unpaired) electrons. The van der Waals surface area contributed by atoms with Crippen molar-refractivity contribution in [2.45, 2.75) is 13.0 Å². The molecule has 0 saturated heterocycles. The zero-order valence-corrected chi connectivity index (χ0v) is 16.3. The summed E-state index contributed by atoms with van der Waals surface area (Å²) >= 11 is 7.37. The third-order valence-electron chi connectivity index (χ3n) is 3.82. The minimum atomic E-state index is -0.652. The predicted octanol–water partition coefficient (Wildman–Crippen LogP) is 4.66. The Bertz CT molecular complexity index is 1000. The molecule has 0 bridgehead atoms. The van der Waals surface area contributed by atoms with E-state index in [1.54, 1.807) is 0 Å². The molecule has 144 valence electrons. The van der Waals surface area contributed by atoms with E-state index in [2.05, 4.69) is 9.72 Å². The number of thiazole rings is 1. The highest BCUT2D eigenvalue weighted by Crippen LogP contribution is 2.29. The van der Waals surface area contributed by atoms with Crippen molar-refractivity contribution >= 4 is 34.6 Å². The van der Waals surface area contributed by atoms with Gasteiger partial charge in [-0.25, -0.2) is 9.78 Å². The van der Waals surface area contributed by atoms with Crippen LogP contribution in [0.4, 0.5) is 5.69 Å². The number of carbonyl (C=O) groups excluding carboxylic acids is 1. The topological polar surface area (TPSA) is 91.6 Å². The average molecular weight is 419 g/mol. The first-order chi connectivity index (χ1) is 13.5. The third kappa shape index (κ3) is 4.85. The lowest BCUT2D eigenvalue weighted by atomic mass is 10.2. The van der Waals surface area contributed by atoms with Gasteiger partial charge in [-0.3, -0.25) is 10.1 Å². The van der Waals surface area contributed by atoms with E-state index in [1.807, 2.05) is 29.6 Å². The Kier molecular flexibility index (Phi) is 6.23. The summed E-state index contributed by atoms with van der Waals surface area (Å²) in [5.41, 5.74) is 1.53. The Morgan fingerprint density at radius 2 is 2.00 bits per heavy atom. The zero-order chi connectivity index (χ0) is 20.1. The van der Waals surface area contributed by atoms with E-state index in [9.17, 15) is 14.9 Å². The first kappa shape index (κ1) is 19.8. The molecule has 7 nitrogen and oxygen atoms in total. The first-order valence-corrected chi connectivity index (χ1v) is 9.39. The molecule has 2 aromatic carbocycles. The molecule has 9 heteroatoms. The fraction of sp³-hybridized carbons (Fsp3) is 0.158. The first-order valence-electron chi connectivity index (χ1n) is 8.13. The minimum Gasteiger partial charge on any atom is -0.480 e.